The SMILES string of the molecule is CCCCCCCCCCCCCC(=O)OCCN(CCOC(=O)CCCCCCCCCCCCC)C(=O)C(F)(F)F.CCCCCCCCCCCCCC(=O)OCCN(CCOC(=O)CCCCCCCCCCCCC)C(=O)COCc1ccccc1.O=C(O)COCc1ccccc1. The van der Waals surface area contributed by atoms with E-state index in [1.165, 1.54) is 193 Å². The fourth-order valence-corrected chi connectivity index (χ4v) is 11.7. The van der Waals surface area contributed by atoms with E-state index < -0.39 is 43.1 Å². The number of carboxylic acid groups (broad SMARTS) is 1. The number of nitrogens with zero attached hydrogens (tertiary/aromatic N) is 2. The first-order valence-electron chi connectivity index (χ1n) is 40.8. The first-order chi connectivity index (χ1) is 50.1. The Morgan fingerprint density at radius 1 is 0.320 bits per heavy atom. The lowest BCUT2D eigenvalue weighted by molar-refractivity contribution is -0.187. The summed E-state index contributed by atoms with van der Waals surface area (Å²) in [5, 5.41) is 8.27. The highest BCUT2D eigenvalue weighted by Gasteiger charge is 2.42. The second-order valence-corrected chi connectivity index (χ2v) is 27.5. The Hall–Kier alpha value is -5.56. The van der Waals surface area contributed by atoms with Crippen molar-refractivity contribution in [2.45, 2.75) is 355 Å². The molecule has 0 aliphatic carbocycles. The molecule has 0 aliphatic rings. The molecule has 594 valence electrons. The summed E-state index contributed by atoms with van der Waals surface area (Å²) in [6.07, 6.45) is 48.7. The Bertz CT molecular complexity index is 2210. The summed E-state index contributed by atoms with van der Waals surface area (Å²) in [5.74, 6) is -4.59. The molecular weight excluding hydrogens is 1320 g/mol. The van der Waals surface area contributed by atoms with E-state index in [2.05, 4.69) is 27.7 Å². The van der Waals surface area contributed by atoms with Gasteiger partial charge in [-0.3, -0.25) is 28.8 Å². The van der Waals surface area contributed by atoms with Gasteiger partial charge in [0.25, 0.3) is 0 Å². The number of amides is 2. The van der Waals surface area contributed by atoms with Gasteiger partial charge in [0.1, 0.15) is 39.6 Å². The van der Waals surface area contributed by atoms with Crippen LogP contribution >= 0.6 is 0 Å². The van der Waals surface area contributed by atoms with Gasteiger partial charge in [-0.15, -0.1) is 0 Å². The third kappa shape index (κ3) is 68.0. The number of carbonyl (C=O) groups excluding carboxylic acids is 6. The molecule has 103 heavy (non-hydrogen) atoms. The zero-order valence-electron chi connectivity index (χ0n) is 65.0. The lowest BCUT2D eigenvalue weighted by Crippen LogP contribution is -2.44. The molecule has 1 N–H and O–H groups in total. The monoisotopic (exact) mass is 1460 g/mol. The fourth-order valence-electron chi connectivity index (χ4n) is 11.7. The summed E-state index contributed by atoms with van der Waals surface area (Å²) < 4.78 is 70.7. The molecule has 0 saturated carbocycles. The van der Waals surface area contributed by atoms with Crippen LogP contribution in [-0.2, 0) is 75.2 Å². The third-order valence-electron chi connectivity index (χ3n) is 18.0. The van der Waals surface area contributed by atoms with Crippen molar-refractivity contribution in [3.63, 3.8) is 0 Å². The molecule has 0 heterocycles. The van der Waals surface area contributed by atoms with Gasteiger partial charge in [-0.1, -0.05) is 345 Å². The van der Waals surface area contributed by atoms with E-state index in [0.29, 0.717) is 43.8 Å². The molecule has 16 nitrogen and oxygen atoms in total. The highest BCUT2D eigenvalue weighted by Crippen LogP contribution is 2.20. The average Bonchev–Trinajstić information content (AvgIpc) is 0.893. The number of unbranched alkanes of at least 4 members (excludes halogenated alkanes) is 40. The zero-order valence-corrected chi connectivity index (χ0v) is 65.0. The predicted octanol–water partition coefficient (Wildman–Crippen LogP) is 21.7. The minimum absolute atomic E-state index is 0.0890. The summed E-state index contributed by atoms with van der Waals surface area (Å²) in [5.41, 5.74) is 1.98. The van der Waals surface area contributed by atoms with Gasteiger partial charge >= 0.3 is 41.9 Å². The zero-order chi connectivity index (χ0) is 75.6. The van der Waals surface area contributed by atoms with Crippen molar-refractivity contribution in [1.82, 2.24) is 9.80 Å². The van der Waals surface area contributed by atoms with Crippen LogP contribution in [0.3, 0.4) is 0 Å². The Balaban J connectivity index is 0.00000174. The Morgan fingerprint density at radius 2 is 0.544 bits per heavy atom. The number of rotatable bonds is 68. The standard InChI is InChI=1S/C41H71NO6.C34H62F3NO5.C9H10O3/c1-3-5-7-9-11-13-15-17-19-21-26-30-40(44)47-34-32-42(39(43)37-46-36-38-28-24-23-25-29-38)33-35-48-41(45)31-27-22-20-18-16-14-12-10-8-6-4-2;1-3-5-7-9-11-13-15-17-19-21-23-25-31(39)42-29-27-38(33(41)34(35,36)37)28-30-43-32(40)26-24-22-20-18-16-14-12-10-8-6-4-2;10-9(11)7-12-6-8-4-2-1-3-5-8/h23-25,28-29H,3-22,26-27,30-37H2,1-2H3;3-30H2,1-2H3;1-5H,6-7H2,(H,10,11). The van der Waals surface area contributed by atoms with Crippen molar-refractivity contribution in [2.75, 3.05) is 65.8 Å². The minimum Gasteiger partial charge on any atom is -0.480 e. The Morgan fingerprint density at radius 3 is 0.777 bits per heavy atom. The number of alkyl halides is 3. The van der Waals surface area contributed by atoms with Gasteiger partial charge in [-0.25, -0.2) is 4.79 Å². The molecule has 0 aromatic heterocycles. The molecule has 2 amide bonds. The summed E-state index contributed by atoms with van der Waals surface area (Å²) >= 11 is 0. The number of hydrogen-bond donors (Lipinski definition) is 1. The number of benzene rings is 2. The van der Waals surface area contributed by atoms with Crippen molar-refractivity contribution in [2.24, 2.45) is 0 Å². The largest absolute Gasteiger partial charge is 0.480 e. The van der Waals surface area contributed by atoms with Crippen molar-refractivity contribution < 1.29 is 80.3 Å². The topological polar surface area (TPSA) is 202 Å². The van der Waals surface area contributed by atoms with Crippen LogP contribution in [-0.4, -0.2) is 129 Å². The molecule has 2 rings (SSSR count). The number of esters is 4. The van der Waals surface area contributed by atoms with E-state index in [4.69, 9.17) is 33.5 Å². The number of halogens is 3. The second kappa shape index (κ2) is 73.3. The minimum atomic E-state index is -5.06. The molecule has 0 unspecified atom stereocenters. The lowest BCUT2D eigenvalue weighted by Gasteiger charge is -2.23. The summed E-state index contributed by atoms with van der Waals surface area (Å²) in [4.78, 5) is 85.5. The fraction of sp³-hybridized carbons (Fsp3) is 0.774. The highest BCUT2D eigenvalue weighted by molar-refractivity contribution is 5.82. The number of aliphatic carboxylic acids is 1. The van der Waals surface area contributed by atoms with Gasteiger partial charge in [0, 0.05) is 25.7 Å². The molecule has 2 aromatic carbocycles. The van der Waals surface area contributed by atoms with Crippen LogP contribution in [0.25, 0.3) is 0 Å². The molecule has 0 fully saturated rings. The predicted molar refractivity (Wildman–Crippen MR) is 407 cm³/mol. The first-order valence-corrected chi connectivity index (χ1v) is 40.8. The molecule has 0 saturated heterocycles. The molecule has 0 atom stereocenters. The molecule has 19 heteroatoms. The van der Waals surface area contributed by atoms with Crippen LogP contribution in [0.1, 0.15) is 347 Å². The van der Waals surface area contributed by atoms with Crippen molar-refractivity contribution in [3.05, 3.63) is 71.8 Å². The van der Waals surface area contributed by atoms with Gasteiger partial charge < -0.3 is 43.3 Å². The maximum atomic E-state index is 13.0. The summed E-state index contributed by atoms with van der Waals surface area (Å²) in [6, 6.07) is 19.2. The van der Waals surface area contributed by atoms with E-state index in [1.807, 2.05) is 60.7 Å². The van der Waals surface area contributed by atoms with Crippen LogP contribution < -0.4 is 0 Å². The normalized spacial score (nSPS) is 11.1. The van der Waals surface area contributed by atoms with Gasteiger partial charge in [0.2, 0.25) is 5.91 Å². The van der Waals surface area contributed by atoms with Crippen LogP contribution in [0.2, 0.25) is 0 Å². The van der Waals surface area contributed by atoms with Gasteiger partial charge in [0.05, 0.1) is 39.4 Å². The number of carboxylic acids is 1. The Labute approximate surface area is 621 Å². The molecule has 0 aliphatic heterocycles. The van der Waals surface area contributed by atoms with E-state index in [-0.39, 0.29) is 83.4 Å². The molecule has 0 radical (unpaired) electrons. The molecule has 2 aromatic rings. The van der Waals surface area contributed by atoms with Crippen LogP contribution in [0.4, 0.5) is 13.2 Å². The van der Waals surface area contributed by atoms with E-state index in [9.17, 15) is 46.7 Å². The van der Waals surface area contributed by atoms with Crippen LogP contribution in [0, 0.1) is 0 Å². The maximum absolute atomic E-state index is 13.0. The second-order valence-electron chi connectivity index (χ2n) is 27.5. The molecule has 0 spiro atoms. The van der Waals surface area contributed by atoms with E-state index in [0.717, 1.165) is 88.2 Å². The lowest BCUT2D eigenvalue weighted by atomic mass is 10.1. The number of carbonyl (C=O) groups is 7. The van der Waals surface area contributed by atoms with Crippen LogP contribution in [0.5, 0.6) is 0 Å². The van der Waals surface area contributed by atoms with Crippen molar-refractivity contribution in [3.8, 4) is 0 Å². The smallest absolute Gasteiger partial charge is 0.471 e. The van der Waals surface area contributed by atoms with E-state index >= 15 is 0 Å². The summed E-state index contributed by atoms with van der Waals surface area (Å²) in [6.45, 7) is 8.54. The number of ether oxygens (including phenoxy) is 6. The van der Waals surface area contributed by atoms with Gasteiger partial charge in [0.15, 0.2) is 0 Å². The highest BCUT2D eigenvalue weighted by atomic mass is 19.4. The number of hydrogen-bond acceptors (Lipinski definition) is 13. The molecular formula is C84H143F3N2O14. The molecule has 0 bridgehead atoms. The summed E-state index contributed by atoms with van der Waals surface area (Å²) in [7, 11) is 0. The van der Waals surface area contributed by atoms with Crippen molar-refractivity contribution in [1.29, 1.82) is 0 Å². The van der Waals surface area contributed by atoms with Gasteiger partial charge in [-0.05, 0) is 36.8 Å². The van der Waals surface area contributed by atoms with Crippen molar-refractivity contribution >= 4 is 41.7 Å². The third-order valence-corrected chi connectivity index (χ3v) is 18.0. The van der Waals surface area contributed by atoms with E-state index in [1.54, 1.807) is 4.90 Å². The van der Waals surface area contributed by atoms with Crippen LogP contribution in [0.15, 0.2) is 60.7 Å². The first kappa shape index (κ1) is 97.4. The Kier molecular flexibility index (Phi) is 69.4. The average molecular weight is 1460 g/mol. The van der Waals surface area contributed by atoms with Gasteiger partial charge in [-0.2, -0.15) is 13.2 Å². The maximum Gasteiger partial charge on any atom is 0.471 e. The quantitative estimate of drug-likeness (QED) is 0.0372.